The summed E-state index contributed by atoms with van der Waals surface area (Å²) < 4.78 is 30.6. The summed E-state index contributed by atoms with van der Waals surface area (Å²) in [5.74, 6) is -2.52. The van der Waals surface area contributed by atoms with E-state index in [-0.39, 0.29) is 78.4 Å². The number of urea groups is 1. The summed E-state index contributed by atoms with van der Waals surface area (Å²) in [6, 6.07) is 13.3. The van der Waals surface area contributed by atoms with Gasteiger partial charge in [0.25, 0.3) is 11.8 Å². The van der Waals surface area contributed by atoms with E-state index in [4.69, 9.17) is 25.3 Å². The fraction of sp³-hybridized carbons (Fsp3) is 0.521. The largest absolute Gasteiger partial charge is 0.476 e. The van der Waals surface area contributed by atoms with E-state index < -0.39 is 53.6 Å². The highest BCUT2D eigenvalue weighted by Crippen LogP contribution is 2.72. The third kappa shape index (κ3) is 15.2. The predicted molar refractivity (Wildman–Crippen MR) is 367 cm³/mol. The van der Waals surface area contributed by atoms with Crippen molar-refractivity contribution in [1.29, 1.82) is 0 Å². The number of rotatable bonds is 29. The second kappa shape index (κ2) is 28.2. The highest BCUT2D eigenvalue weighted by Gasteiger charge is 2.66. The first-order valence-electron chi connectivity index (χ1n) is 34.2. The number of carbonyl (C=O) groups is 7. The zero-order chi connectivity index (χ0) is 69.3. The number of carbonyl (C=O) groups excluding carboxylic acids is 6. The number of carboxylic acids is 1. The normalized spacial score (nSPS) is 22.7. The van der Waals surface area contributed by atoms with Gasteiger partial charge in [-0.3, -0.25) is 33.6 Å². The number of aromatic carboxylic acids is 1. The number of quaternary nitrogens is 1. The molecule has 4 bridgehead atoms. The second-order valence-corrected chi connectivity index (χ2v) is 30.3. The number of thiazole rings is 1. The minimum absolute atomic E-state index is 0.0104. The summed E-state index contributed by atoms with van der Waals surface area (Å²) in [6.45, 7) is 18.3. The lowest BCUT2D eigenvalue weighted by Gasteiger charge is -2.69. The number of imide groups is 1. The minimum atomic E-state index is -1.14. The van der Waals surface area contributed by atoms with Crippen LogP contribution in [0.15, 0.2) is 72.9 Å². The first-order chi connectivity index (χ1) is 46.8. The summed E-state index contributed by atoms with van der Waals surface area (Å²) in [6.07, 6.45) is 14.5. The number of aromatic nitrogens is 6. The molecule has 5 fully saturated rings. The molecule has 25 nitrogen and oxygen atoms in total. The molecule has 98 heavy (non-hydrogen) atoms. The van der Waals surface area contributed by atoms with Crippen LogP contribution in [-0.4, -0.2) is 163 Å². The van der Waals surface area contributed by atoms with E-state index in [2.05, 4.69) is 60.3 Å². The average molecular weight is 1360 g/mol. The van der Waals surface area contributed by atoms with Crippen LogP contribution in [0.4, 0.5) is 37.5 Å². The van der Waals surface area contributed by atoms with Crippen molar-refractivity contribution < 1.29 is 57.0 Å². The molecular weight excluding hydrogens is 1270 g/mol. The van der Waals surface area contributed by atoms with Crippen molar-refractivity contribution in [1.82, 2.24) is 50.8 Å². The Kier molecular flexibility index (Phi) is 19.9. The van der Waals surface area contributed by atoms with Crippen LogP contribution in [0, 0.1) is 41.8 Å². The van der Waals surface area contributed by atoms with Gasteiger partial charge in [-0.2, -0.15) is 5.10 Å². The number of hydrogen-bond acceptors (Lipinski definition) is 17. The first-order valence-corrected chi connectivity index (χ1v) is 35.0. The van der Waals surface area contributed by atoms with E-state index >= 15 is 0 Å². The number of primary amides is 1. The maximum Gasteiger partial charge on any atom is 0.355 e. The van der Waals surface area contributed by atoms with Gasteiger partial charge in [-0.15, -0.1) is 10.2 Å². The molecule has 1 saturated heterocycles. The molecule has 6 aromatic rings. The van der Waals surface area contributed by atoms with Gasteiger partial charge in [-0.25, -0.2) is 23.9 Å². The zero-order valence-corrected chi connectivity index (χ0v) is 57.5. The molecule has 4 atom stereocenters. The van der Waals surface area contributed by atoms with Crippen molar-refractivity contribution in [3.63, 3.8) is 0 Å². The molecule has 4 saturated carbocycles. The highest BCUT2D eigenvalue weighted by molar-refractivity contribution is 7.22. The Labute approximate surface area is 572 Å². The van der Waals surface area contributed by atoms with E-state index in [1.807, 2.05) is 55.1 Å². The number of ether oxygens (including phenoxy) is 2. The molecule has 8 N–H and O–H groups in total. The summed E-state index contributed by atoms with van der Waals surface area (Å²) >= 11 is 1.33. The smallest absolute Gasteiger partial charge is 0.355 e. The average Bonchev–Trinajstić information content (AvgIpc) is 0.929. The summed E-state index contributed by atoms with van der Waals surface area (Å²) in [7, 11) is 0. The van der Waals surface area contributed by atoms with Crippen molar-refractivity contribution >= 4 is 91.4 Å². The van der Waals surface area contributed by atoms with Gasteiger partial charge in [0.1, 0.15) is 36.8 Å². The van der Waals surface area contributed by atoms with Crippen LogP contribution in [0.25, 0.3) is 21.3 Å². The molecule has 7 aliphatic rings. The van der Waals surface area contributed by atoms with Gasteiger partial charge < -0.3 is 56.3 Å². The van der Waals surface area contributed by atoms with Crippen molar-refractivity contribution in [2.45, 2.75) is 156 Å². The minimum Gasteiger partial charge on any atom is -0.476 e. The van der Waals surface area contributed by atoms with Crippen LogP contribution in [-0.2, 0) is 53.0 Å². The Balaban J connectivity index is 0.671. The van der Waals surface area contributed by atoms with E-state index in [1.165, 1.54) is 35.6 Å². The third-order valence-electron chi connectivity index (χ3n) is 20.8. The second-order valence-electron chi connectivity index (χ2n) is 29.2. The van der Waals surface area contributed by atoms with Gasteiger partial charge in [0.05, 0.1) is 61.5 Å². The Hall–Kier alpha value is -8.79. The fourth-order valence-electron chi connectivity index (χ4n) is 17.4. The quantitative estimate of drug-likeness (QED) is 0.0131. The van der Waals surface area contributed by atoms with Gasteiger partial charge >= 0.3 is 12.0 Å². The van der Waals surface area contributed by atoms with Crippen molar-refractivity contribution in [3.8, 4) is 11.1 Å². The monoisotopic (exact) mass is 1360 g/mol. The van der Waals surface area contributed by atoms with Crippen LogP contribution in [0.2, 0.25) is 0 Å². The topological polar surface area (TPSA) is 320 Å². The number of pyridine rings is 1. The van der Waals surface area contributed by atoms with Crippen LogP contribution in [0.3, 0.4) is 0 Å². The standard InChI is InChI=1S/C71H88FN15O10S/c1-43(2)59(80-56(88)23-30-96-31-26-85-57(89)21-22-58(85)90)64(92)77-53(12-9-24-74-66(73)95)63(91)76-48-16-13-46(14-17-48)35-87(27-7-8-28-87)29-32-97-71-39-68(5)36-69(6,40-71)38-70(37-68,41-71)42-86-45(4)51(34-75-86)50-18-20-55(79-60(50)65(93)94)84-25-10-11-49-44(3)61(82-83-62(49)84)81-67-78-52-19-15-47(72)33-54(52)98-67/h13-22,33-34,43,53,59H,7-12,23-32,35-42H2,1-6H3,(H7-,73,74,76,77,78,80,81,82,88,91,92,93,94,95)/p+1/t53-,59-,68?,69?,70?,71?/m0/s1. The number of nitrogens with zero attached hydrogens (tertiary/aromatic N) is 9. The van der Waals surface area contributed by atoms with Crippen LogP contribution >= 0.6 is 11.3 Å². The number of nitrogens with two attached hydrogens (primary N) is 1. The molecule has 520 valence electrons. The van der Waals surface area contributed by atoms with Crippen molar-refractivity contribution in [2.75, 3.05) is 74.6 Å². The van der Waals surface area contributed by atoms with Crippen molar-refractivity contribution in [3.05, 3.63) is 107 Å². The summed E-state index contributed by atoms with van der Waals surface area (Å²) in [5.41, 5.74) is 11.3. The molecule has 13 rings (SSSR count). The van der Waals surface area contributed by atoms with Gasteiger partial charge in [-0.05, 0) is 143 Å². The molecule has 4 aliphatic carbocycles. The van der Waals surface area contributed by atoms with Gasteiger partial charge in [-0.1, -0.05) is 51.2 Å². The number of anilines is 5. The van der Waals surface area contributed by atoms with Crippen molar-refractivity contribution in [2.24, 2.45) is 27.9 Å². The summed E-state index contributed by atoms with van der Waals surface area (Å²) in [4.78, 5) is 102. The van der Waals surface area contributed by atoms with E-state index in [0.29, 0.717) is 65.5 Å². The lowest BCUT2D eigenvalue weighted by Crippen LogP contribution is -2.64. The van der Waals surface area contributed by atoms with Crippen LogP contribution < -0.4 is 37.2 Å². The molecular formula is C71H89FN15O10S+. The lowest BCUT2D eigenvalue weighted by molar-refractivity contribution is -0.930. The number of hydrogen-bond donors (Lipinski definition) is 7. The predicted octanol–water partition coefficient (Wildman–Crippen LogP) is 8.92. The Morgan fingerprint density at radius 3 is 2.31 bits per heavy atom. The number of likely N-dealkylation sites (tertiary alicyclic amines) is 1. The first kappa shape index (κ1) is 69.1. The maximum atomic E-state index is 14.0. The van der Waals surface area contributed by atoms with Gasteiger partial charge in [0, 0.05) is 90.2 Å². The molecule has 27 heteroatoms. The van der Waals surface area contributed by atoms with E-state index in [9.17, 15) is 43.1 Å². The molecule has 3 aliphatic heterocycles. The van der Waals surface area contributed by atoms with Gasteiger partial charge in [0.2, 0.25) is 17.7 Å². The maximum absolute atomic E-state index is 14.0. The number of amides is 7. The molecule has 7 amide bonds. The molecule has 2 unspecified atom stereocenters. The SMILES string of the molecule is Cc1c(Nc2nc3ccc(F)cc3s2)nnc2c1CCCN2c1ccc(-c2cnn(CC34CC5(C)CC(C)(C3)CC(OCC[N+]3(Cc6ccc(NC(=O)[C@H](CCCNC(N)=O)NC(=O)[C@@H](NC(=O)CCOCCN7C(=O)C=CC7=O)C(C)C)cc6)CCCC3)(C5)C4)c2C)c(C(=O)O)n1. The Morgan fingerprint density at radius 1 is 0.847 bits per heavy atom. The molecule has 0 radical (unpaired) electrons. The number of carboxylic acid groups (broad SMARTS) is 1. The highest BCUT2D eigenvalue weighted by atomic mass is 32.1. The molecule has 4 aromatic heterocycles. The number of halogens is 1. The number of fused-ring (bicyclic) bond motifs is 2. The van der Waals surface area contributed by atoms with E-state index in [1.54, 1.807) is 26.1 Å². The number of nitrogens with one attached hydrogen (secondary N) is 5. The fourth-order valence-corrected chi connectivity index (χ4v) is 18.3. The zero-order valence-electron chi connectivity index (χ0n) is 56.6. The Bertz CT molecular complexity index is 4060. The summed E-state index contributed by atoms with van der Waals surface area (Å²) in [5, 5.41) is 40.0. The Morgan fingerprint density at radius 2 is 1.59 bits per heavy atom. The lowest BCUT2D eigenvalue weighted by atomic mass is 9.39. The number of benzene rings is 2. The molecule has 7 heterocycles. The van der Waals surface area contributed by atoms with Crippen LogP contribution in [0.5, 0.6) is 0 Å². The molecule has 0 spiro atoms. The molecule has 2 aromatic carbocycles. The van der Waals surface area contributed by atoms with Crippen LogP contribution in [0.1, 0.15) is 138 Å². The van der Waals surface area contributed by atoms with Gasteiger partial charge in [0.15, 0.2) is 22.5 Å². The third-order valence-corrected chi connectivity index (χ3v) is 21.7. The van der Waals surface area contributed by atoms with E-state index in [0.717, 1.165) is 132 Å².